The zero-order valence-corrected chi connectivity index (χ0v) is 13.7. The van der Waals surface area contributed by atoms with Gasteiger partial charge in [-0.25, -0.2) is 0 Å². The van der Waals surface area contributed by atoms with Gasteiger partial charge in [-0.3, -0.25) is 9.59 Å². The monoisotopic (exact) mass is 320 g/mol. The third kappa shape index (κ3) is 6.10. The Morgan fingerprint density at radius 2 is 2.05 bits per heavy atom. The third-order valence-electron chi connectivity index (χ3n) is 3.66. The van der Waals surface area contributed by atoms with Crippen LogP contribution in [0.1, 0.15) is 31.2 Å². The molecular weight excluding hydrogens is 296 g/mol. The summed E-state index contributed by atoms with van der Waals surface area (Å²) in [7, 11) is 0. The van der Waals surface area contributed by atoms with E-state index in [1.54, 1.807) is 4.90 Å². The molecular formula is C17H24N2O2S. The number of rotatable bonds is 8. The van der Waals surface area contributed by atoms with Gasteiger partial charge in [-0.05, 0) is 30.6 Å². The first-order valence-electron chi connectivity index (χ1n) is 7.92. The number of piperidine rings is 1. The van der Waals surface area contributed by atoms with E-state index >= 15 is 0 Å². The summed E-state index contributed by atoms with van der Waals surface area (Å²) in [5, 5.41) is 2.90. The molecule has 2 amide bonds. The molecule has 0 spiro atoms. The van der Waals surface area contributed by atoms with Crippen molar-refractivity contribution in [3.05, 3.63) is 35.9 Å². The van der Waals surface area contributed by atoms with Crippen LogP contribution in [0.5, 0.6) is 0 Å². The highest BCUT2D eigenvalue weighted by molar-refractivity contribution is 7.98. The van der Waals surface area contributed by atoms with Gasteiger partial charge in [0.05, 0.1) is 6.54 Å². The van der Waals surface area contributed by atoms with Gasteiger partial charge >= 0.3 is 0 Å². The molecule has 1 N–H and O–H groups in total. The average Bonchev–Trinajstić information content (AvgIpc) is 2.54. The zero-order chi connectivity index (χ0) is 15.6. The van der Waals surface area contributed by atoms with E-state index in [-0.39, 0.29) is 18.4 Å². The summed E-state index contributed by atoms with van der Waals surface area (Å²) in [6.45, 7) is 1.62. The Kier molecular flexibility index (Phi) is 7.30. The van der Waals surface area contributed by atoms with Gasteiger partial charge in [0.25, 0.3) is 0 Å². The van der Waals surface area contributed by atoms with Crippen molar-refractivity contribution in [2.45, 2.75) is 31.4 Å². The van der Waals surface area contributed by atoms with Crippen molar-refractivity contribution in [2.75, 3.05) is 25.4 Å². The number of nitrogens with zero attached hydrogens (tertiary/aromatic N) is 1. The summed E-state index contributed by atoms with van der Waals surface area (Å²) in [6, 6.07) is 10.4. The first kappa shape index (κ1) is 16.9. The van der Waals surface area contributed by atoms with Crippen LogP contribution in [0.3, 0.4) is 0 Å². The Hall–Kier alpha value is -1.49. The predicted octanol–water partition coefficient (Wildman–Crippen LogP) is 2.44. The fourth-order valence-corrected chi connectivity index (χ4v) is 3.35. The lowest BCUT2D eigenvalue weighted by atomic mass is 10.1. The molecule has 5 heteroatoms. The first-order chi connectivity index (χ1) is 10.8. The van der Waals surface area contributed by atoms with Crippen LogP contribution in [0, 0.1) is 0 Å². The third-order valence-corrected chi connectivity index (χ3v) is 4.77. The van der Waals surface area contributed by atoms with Gasteiger partial charge in [0, 0.05) is 25.3 Å². The van der Waals surface area contributed by atoms with Crippen molar-refractivity contribution < 1.29 is 9.59 Å². The molecule has 2 rings (SSSR count). The normalized spacial score (nSPS) is 14.9. The molecule has 0 radical (unpaired) electrons. The maximum Gasteiger partial charge on any atom is 0.239 e. The minimum absolute atomic E-state index is 0.0386. The lowest BCUT2D eigenvalue weighted by molar-refractivity contribution is -0.137. The minimum atomic E-state index is -0.0386. The average molecular weight is 320 g/mol. The molecule has 120 valence electrons. The Bertz CT molecular complexity index is 479. The van der Waals surface area contributed by atoms with Crippen LogP contribution >= 0.6 is 11.8 Å². The summed E-state index contributed by atoms with van der Waals surface area (Å²) >= 11 is 1.88. The molecule has 0 saturated carbocycles. The quantitative estimate of drug-likeness (QED) is 0.749. The van der Waals surface area contributed by atoms with Crippen LogP contribution in [0.2, 0.25) is 0 Å². The molecule has 0 aromatic heterocycles. The van der Waals surface area contributed by atoms with Crippen molar-refractivity contribution in [3.8, 4) is 0 Å². The van der Waals surface area contributed by atoms with E-state index in [0.29, 0.717) is 13.0 Å². The Morgan fingerprint density at radius 1 is 1.23 bits per heavy atom. The van der Waals surface area contributed by atoms with Crippen molar-refractivity contribution in [3.63, 3.8) is 0 Å². The molecule has 22 heavy (non-hydrogen) atoms. The van der Waals surface area contributed by atoms with Crippen molar-refractivity contribution >= 4 is 23.6 Å². The molecule has 0 aliphatic carbocycles. The number of carbonyl (C=O) groups excluding carboxylic acids is 2. The van der Waals surface area contributed by atoms with Crippen molar-refractivity contribution in [2.24, 2.45) is 0 Å². The van der Waals surface area contributed by atoms with Crippen LogP contribution in [-0.2, 0) is 15.3 Å². The van der Waals surface area contributed by atoms with Crippen LogP contribution in [0.25, 0.3) is 0 Å². The van der Waals surface area contributed by atoms with Gasteiger partial charge in [0.2, 0.25) is 11.8 Å². The van der Waals surface area contributed by atoms with Gasteiger partial charge in [-0.15, -0.1) is 0 Å². The standard InChI is InChI=1S/C17H24N2O2S/c20-16(13-19-11-5-4-9-17(19)21)18-10-6-12-22-14-15-7-2-1-3-8-15/h1-3,7-8H,4-6,9-14H2,(H,18,20). The fourth-order valence-electron chi connectivity index (χ4n) is 2.42. The highest BCUT2D eigenvalue weighted by Crippen LogP contribution is 2.12. The second kappa shape index (κ2) is 9.51. The summed E-state index contributed by atoms with van der Waals surface area (Å²) in [5.41, 5.74) is 1.33. The SMILES string of the molecule is O=C(CN1CCCCC1=O)NCCCSCc1ccccc1. The van der Waals surface area contributed by atoms with Gasteiger partial charge < -0.3 is 10.2 Å². The molecule has 1 saturated heterocycles. The Morgan fingerprint density at radius 3 is 2.82 bits per heavy atom. The maximum atomic E-state index is 11.8. The molecule has 4 nitrogen and oxygen atoms in total. The van der Waals surface area contributed by atoms with E-state index in [0.717, 1.165) is 37.3 Å². The van der Waals surface area contributed by atoms with Crippen molar-refractivity contribution in [1.29, 1.82) is 0 Å². The smallest absolute Gasteiger partial charge is 0.239 e. The highest BCUT2D eigenvalue weighted by atomic mass is 32.2. The molecule has 1 fully saturated rings. The number of benzene rings is 1. The molecule has 0 atom stereocenters. The van der Waals surface area contributed by atoms with Crippen LogP contribution in [0.15, 0.2) is 30.3 Å². The number of amides is 2. The molecule has 1 aliphatic heterocycles. The maximum absolute atomic E-state index is 11.8. The fraction of sp³-hybridized carbons (Fsp3) is 0.529. The number of likely N-dealkylation sites (tertiary alicyclic amines) is 1. The van der Waals surface area contributed by atoms with Crippen LogP contribution in [-0.4, -0.2) is 42.1 Å². The summed E-state index contributed by atoms with van der Waals surface area (Å²) in [4.78, 5) is 25.1. The van der Waals surface area contributed by atoms with Gasteiger partial charge in [-0.1, -0.05) is 30.3 Å². The van der Waals surface area contributed by atoms with E-state index in [1.165, 1.54) is 5.56 Å². The molecule has 1 heterocycles. The Labute approximate surface area is 136 Å². The zero-order valence-electron chi connectivity index (χ0n) is 12.9. The number of hydrogen-bond donors (Lipinski definition) is 1. The molecule has 1 aromatic carbocycles. The summed E-state index contributed by atoms with van der Waals surface area (Å²) < 4.78 is 0. The topological polar surface area (TPSA) is 49.4 Å². The largest absolute Gasteiger partial charge is 0.355 e. The lowest BCUT2D eigenvalue weighted by Crippen LogP contribution is -2.43. The van der Waals surface area contributed by atoms with E-state index in [9.17, 15) is 9.59 Å². The van der Waals surface area contributed by atoms with Crippen molar-refractivity contribution in [1.82, 2.24) is 10.2 Å². The van der Waals surface area contributed by atoms with Gasteiger partial charge in [-0.2, -0.15) is 11.8 Å². The molecule has 1 aliphatic rings. The van der Waals surface area contributed by atoms with Crippen LogP contribution in [0.4, 0.5) is 0 Å². The van der Waals surface area contributed by atoms with Gasteiger partial charge in [0.15, 0.2) is 0 Å². The number of nitrogens with one attached hydrogen (secondary N) is 1. The van der Waals surface area contributed by atoms with Gasteiger partial charge in [0.1, 0.15) is 0 Å². The van der Waals surface area contributed by atoms with E-state index < -0.39 is 0 Å². The first-order valence-corrected chi connectivity index (χ1v) is 9.07. The number of carbonyl (C=O) groups is 2. The number of hydrogen-bond acceptors (Lipinski definition) is 3. The molecule has 0 unspecified atom stereocenters. The minimum Gasteiger partial charge on any atom is -0.355 e. The second-order valence-electron chi connectivity index (χ2n) is 5.51. The Balaban J connectivity index is 1.51. The number of thioether (sulfide) groups is 1. The summed E-state index contributed by atoms with van der Waals surface area (Å²) in [6.07, 6.45) is 3.51. The van der Waals surface area contributed by atoms with E-state index in [4.69, 9.17) is 0 Å². The summed E-state index contributed by atoms with van der Waals surface area (Å²) in [5.74, 6) is 2.11. The second-order valence-corrected chi connectivity index (χ2v) is 6.62. The highest BCUT2D eigenvalue weighted by Gasteiger charge is 2.19. The molecule has 1 aromatic rings. The molecule has 0 bridgehead atoms. The predicted molar refractivity (Wildman–Crippen MR) is 90.7 cm³/mol. The van der Waals surface area contributed by atoms with Crippen LogP contribution < -0.4 is 5.32 Å². The van der Waals surface area contributed by atoms with E-state index in [2.05, 4.69) is 29.6 Å². The lowest BCUT2D eigenvalue weighted by Gasteiger charge is -2.25. The van der Waals surface area contributed by atoms with E-state index in [1.807, 2.05) is 17.8 Å².